The van der Waals surface area contributed by atoms with Gasteiger partial charge in [-0.2, -0.15) is 0 Å². The Balaban J connectivity index is 3.23. The zero-order valence-electron chi connectivity index (χ0n) is 6.38. The first-order valence-electron chi connectivity index (χ1n) is 3.28. The highest BCUT2D eigenvalue weighted by atomic mass is 19.1. The van der Waals surface area contributed by atoms with E-state index in [4.69, 9.17) is 5.21 Å². The monoisotopic (exact) mass is 171 g/mol. The quantitative estimate of drug-likeness (QED) is 0.391. The van der Waals surface area contributed by atoms with E-state index in [1.807, 2.05) is 0 Å². The van der Waals surface area contributed by atoms with Crippen LogP contribution in [0.5, 0.6) is 0 Å². The van der Waals surface area contributed by atoms with E-state index in [0.717, 1.165) is 18.3 Å². The molecule has 0 radical (unpaired) electrons. The lowest BCUT2D eigenvalue weighted by Crippen LogP contribution is -1.92. The van der Waals surface area contributed by atoms with Crippen LogP contribution in [0.3, 0.4) is 0 Å². The third-order valence-corrected chi connectivity index (χ3v) is 1.47. The van der Waals surface area contributed by atoms with Gasteiger partial charge in [-0.05, 0) is 24.6 Å². The molecule has 0 aliphatic rings. The number of nitrogens with zero attached hydrogens (tertiary/aromatic N) is 1. The fourth-order valence-electron chi connectivity index (χ4n) is 0.823. The van der Waals surface area contributed by atoms with Gasteiger partial charge in [0.05, 0.1) is 6.21 Å². The van der Waals surface area contributed by atoms with Crippen molar-refractivity contribution in [3.05, 3.63) is 34.9 Å². The van der Waals surface area contributed by atoms with Crippen molar-refractivity contribution < 1.29 is 14.0 Å². The molecule has 0 saturated carbocycles. The highest BCUT2D eigenvalue weighted by Gasteiger charge is 2.04. The van der Waals surface area contributed by atoms with E-state index in [9.17, 15) is 8.78 Å². The smallest absolute Gasteiger partial charge is 0.132 e. The van der Waals surface area contributed by atoms with Gasteiger partial charge in [-0.1, -0.05) is 5.16 Å². The Morgan fingerprint density at radius 1 is 1.33 bits per heavy atom. The van der Waals surface area contributed by atoms with Crippen LogP contribution in [0.25, 0.3) is 0 Å². The third kappa shape index (κ3) is 1.58. The van der Waals surface area contributed by atoms with Crippen molar-refractivity contribution in [3.63, 3.8) is 0 Å². The van der Waals surface area contributed by atoms with Crippen molar-refractivity contribution in [1.82, 2.24) is 0 Å². The largest absolute Gasteiger partial charge is 0.411 e. The summed E-state index contributed by atoms with van der Waals surface area (Å²) in [6.45, 7) is 1.46. The molecule has 0 aliphatic carbocycles. The van der Waals surface area contributed by atoms with E-state index in [-0.39, 0.29) is 11.1 Å². The van der Waals surface area contributed by atoms with Crippen LogP contribution in [0.1, 0.15) is 11.1 Å². The molecule has 12 heavy (non-hydrogen) atoms. The second-order valence-corrected chi connectivity index (χ2v) is 2.37. The van der Waals surface area contributed by atoms with Crippen molar-refractivity contribution in [2.75, 3.05) is 0 Å². The molecule has 1 rings (SSSR count). The van der Waals surface area contributed by atoms with Crippen LogP contribution in [-0.2, 0) is 0 Å². The summed E-state index contributed by atoms with van der Waals surface area (Å²) in [7, 11) is 0. The third-order valence-electron chi connectivity index (χ3n) is 1.47. The zero-order valence-corrected chi connectivity index (χ0v) is 6.38. The van der Waals surface area contributed by atoms with Crippen molar-refractivity contribution in [2.45, 2.75) is 6.92 Å². The van der Waals surface area contributed by atoms with Crippen molar-refractivity contribution >= 4 is 6.21 Å². The molecule has 1 aromatic carbocycles. The van der Waals surface area contributed by atoms with Crippen molar-refractivity contribution in [1.29, 1.82) is 0 Å². The summed E-state index contributed by atoms with van der Waals surface area (Å²) < 4.78 is 25.6. The molecule has 0 atom stereocenters. The van der Waals surface area contributed by atoms with E-state index in [0.29, 0.717) is 0 Å². The van der Waals surface area contributed by atoms with E-state index in [2.05, 4.69) is 5.16 Å². The Hall–Kier alpha value is -1.45. The van der Waals surface area contributed by atoms with Crippen LogP contribution in [0.15, 0.2) is 17.3 Å². The number of hydrogen-bond donors (Lipinski definition) is 1. The molecular formula is C8H7F2NO. The van der Waals surface area contributed by atoms with Crippen LogP contribution in [0.2, 0.25) is 0 Å². The maximum Gasteiger partial charge on any atom is 0.132 e. The molecule has 0 fully saturated rings. The normalized spacial score (nSPS) is 10.9. The van der Waals surface area contributed by atoms with Crippen LogP contribution < -0.4 is 0 Å². The summed E-state index contributed by atoms with van der Waals surface area (Å²) in [4.78, 5) is 0. The fraction of sp³-hybridized carbons (Fsp3) is 0.125. The molecule has 0 unspecified atom stereocenters. The van der Waals surface area contributed by atoms with E-state index in [1.165, 1.54) is 6.92 Å². The van der Waals surface area contributed by atoms with E-state index < -0.39 is 11.6 Å². The molecule has 0 amide bonds. The lowest BCUT2D eigenvalue weighted by atomic mass is 10.1. The van der Waals surface area contributed by atoms with Crippen LogP contribution >= 0.6 is 0 Å². The van der Waals surface area contributed by atoms with Crippen molar-refractivity contribution in [2.24, 2.45) is 5.16 Å². The van der Waals surface area contributed by atoms with Crippen LogP contribution in [-0.4, -0.2) is 11.4 Å². The average Bonchev–Trinajstić information content (AvgIpc) is 2.01. The fourth-order valence-corrected chi connectivity index (χ4v) is 0.823. The Labute approximate surface area is 68.1 Å². The molecule has 2 nitrogen and oxygen atoms in total. The molecule has 1 N–H and O–H groups in total. The van der Waals surface area contributed by atoms with Gasteiger partial charge in [0, 0.05) is 5.56 Å². The van der Waals surface area contributed by atoms with Crippen molar-refractivity contribution in [3.8, 4) is 0 Å². The molecule has 4 heteroatoms. The van der Waals surface area contributed by atoms with E-state index >= 15 is 0 Å². The first-order valence-corrected chi connectivity index (χ1v) is 3.28. The van der Waals surface area contributed by atoms with Gasteiger partial charge in [0.2, 0.25) is 0 Å². The van der Waals surface area contributed by atoms with Gasteiger partial charge in [-0.25, -0.2) is 8.78 Å². The maximum absolute atomic E-state index is 12.8. The second kappa shape index (κ2) is 3.30. The maximum atomic E-state index is 12.8. The minimum Gasteiger partial charge on any atom is -0.411 e. The van der Waals surface area contributed by atoms with E-state index in [1.54, 1.807) is 0 Å². The highest BCUT2D eigenvalue weighted by Crippen LogP contribution is 2.12. The average molecular weight is 171 g/mol. The first-order chi connectivity index (χ1) is 5.65. The molecule has 0 heterocycles. The molecule has 0 spiro atoms. The van der Waals surface area contributed by atoms with Gasteiger partial charge in [0.1, 0.15) is 11.6 Å². The molecular weight excluding hydrogens is 164 g/mol. The highest BCUT2D eigenvalue weighted by molar-refractivity contribution is 5.79. The molecule has 1 aromatic rings. The topological polar surface area (TPSA) is 32.6 Å². The predicted octanol–water partition coefficient (Wildman–Crippen LogP) is 2.08. The minimum atomic E-state index is -0.605. The molecule has 0 bridgehead atoms. The number of rotatable bonds is 1. The number of aryl methyl sites for hydroxylation is 1. The number of halogens is 2. The summed E-state index contributed by atoms with van der Waals surface area (Å²) in [6.07, 6.45) is 0.845. The van der Waals surface area contributed by atoms with Gasteiger partial charge in [-0.15, -0.1) is 0 Å². The standard InChI is InChI=1S/C8H7F2NO/c1-5-2-8(10)6(4-11-12)3-7(5)9/h2-4,12H,1H3/b11-4-. The Kier molecular flexibility index (Phi) is 2.38. The predicted molar refractivity (Wildman–Crippen MR) is 40.5 cm³/mol. The minimum absolute atomic E-state index is 0.0689. The zero-order chi connectivity index (χ0) is 9.14. The Bertz CT molecular complexity index is 323. The van der Waals surface area contributed by atoms with Gasteiger partial charge >= 0.3 is 0 Å². The first kappa shape index (κ1) is 8.64. The summed E-state index contributed by atoms with van der Waals surface area (Å²) in [6, 6.07) is 2.02. The van der Waals surface area contributed by atoms with Gasteiger partial charge in [0.25, 0.3) is 0 Å². The van der Waals surface area contributed by atoms with Gasteiger partial charge in [0.15, 0.2) is 0 Å². The second-order valence-electron chi connectivity index (χ2n) is 2.37. The summed E-state index contributed by atoms with van der Waals surface area (Å²) in [5, 5.41) is 10.7. The van der Waals surface area contributed by atoms with Crippen LogP contribution in [0.4, 0.5) is 8.78 Å². The SMILES string of the molecule is Cc1cc(F)c(/C=N\O)cc1F. The molecule has 0 saturated heterocycles. The summed E-state index contributed by atoms with van der Waals surface area (Å²) in [5.41, 5.74) is 0.156. The molecule has 0 aromatic heterocycles. The van der Waals surface area contributed by atoms with Gasteiger partial charge < -0.3 is 5.21 Å². The number of hydrogen-bond acceptors (Lipinski definition) is 2. The Morgan fingerprint density at radius 2 is 2.00 bits per heavy atom. The van der Waals surface area contributed by atoms with Crippen LogP contribution in [0, 0.1) is 18.6 Å². The Morgan fingerprint density at radius 3 is 2.58 bits per heavy atom. The molecule has 64 valence electrons. The number of benzene rings is 1. The summed E-state index contributed by atoms with van der Waals surface area (Å²) in [5.74, 6) is -1.13. The lowest BCUT2D eigenvalue weighted by Gasteiger charge is -1.98. The lowest BCUT2D eigenvalue weighted by molar-refractivity contribution is 0.321. The number of oxime groups is 1. The summed E-state index contributed by atoms with van der Waals surface area (Å²) >= 11 is 0. The van der Waals surface area contributed by atoms with Gasteiger partial charge in [-0.3, -0.25) is 0 Å². The molecule has 0 aliphatic heterocycles.